The van der Waals surface area contributed by atoms with Gasteiger partial charge in [-0.05, 0) is 42.0 Å². The van der Waals surface area contributed by atoms with Gasteiger partial charge in [0, 0.05) is 5.69 Å². The lowest BCUT2D eigenvalue weighted by Crippen LogP contribution is -2.32. The average molecular weight is 395 g/mol. The van der Waals surface area contributed by atoms with Gasteiger partial charge in [-0.3, -0.25) is 9.59 Å². The fourth-order valence-corrected chi connectivity index (χ4v) is 2.11. The summed E-state index contributed by atoms with van der Waals surface area (Å²) in [6.07, 6.45) is -3.30. The first kappa shape index (κ1) is 20.7. The number of hydrazone groups is 1. The summed E-state index contributed by atoms with van der Waals surface area (Å²) in [6.45, 7) is 0. The zero-order valence-electron chi connectivity index (χ0n) is 14.8. The molecule has 28 heavy (non-hydrogen) atoms. The van der Waals surface area contributed by atoms with Crippen LogP contribution in [0.2, 0.25) is 0 Å². The van der Waals surface area contributed by atoms with E-state index < -0.39 is 23.6 Å². The zero-order chi connectivity index (χ0) is 20.7. The molecule has 0 atom stereocenters. The van der Waals surface area contributed by atoms with Crippen molar-refractivity contribution in [2.45, 2.75) is 6.18 Å². The number of nitrogens with zero attached hydrogens (tertiary/aromatic N) is 1. The van der Waals surface area contributed by atoms with Crippen molar-refractivity contribution >= 4 is 23.7 Å². The first-order chi connectivity index (χ1) is 13.2. The lowest BCUT2D eigenvalue weighted by atomic mass is 10.2. The summed E-state index contributed by atoms with van der Waals surface area (Å²) in [6, 6.07) is 8.78. The second-order valence-corrected chi connectivity index (χ2v) is 5.35. The van der Waals surface area contributed by atoms with Gasteiger partial charge in [-0.1, -0.05) is 6.07 Å². The van der Waals surface area contributed by atoms with Crippen LogP contribution < -0.4 is 20.2 Å². The van der Waals surface area contributed by atoms with E-state index in [1.807, 2.05) is 5.43 Å². The number of anilines is 1. The molecule has 2 rings (SSSR count). The number of rotatable bonds is 5. The molecule has 0 saturated heterocycles. The van der Waals surface area contributed by atoms with Crippen molar-refractivity contribution in [1.82, 2.24) is 5.43 Å². The van der Waals surface area contributed by atoms with Gasteiger partial charge in [-0.2, -0.15) is 18.3 Å². The number of carbonyl (C=O) groups is 2. The van der Waals surface area contributed by atoms with Crippen LogP contribution in [-0.4, -0.2) is 32.2 Å². The highest BCUT2D eigenvalue weighted by molar-refractivity contribution is 6.39. The highest BCUT2D eigenvalue weighted by Crippen LogP contribution is 2.30. The summed E-state index contributed by atoms with van der Waals surface area (Å²) in [5, 5.41) is 5.70. The van der Waals surface area contributed by atoms with Gasteiger partial charge in [0.25, 0.3) is 0 Å². The number of nitrogens with one attached hydrogen (secondary N) is 2. The second-order valence-electron chi connectivity index (χ2n) is 5.35. The van der Waals surface area contributed by atoms with Crippen LogP contribution in [0.15, 0.2) is 47.6 Å². The summed E-state index contributed by atoms with van der Waals surface area (Å²) in [5.74, 6) is -1.36. The standard InChI is InChI=1S/C18H16F3N3O4/c1-27-14-7-6-11(8-15(14)28-2)10-22-24-17(26)16(25)23-13-5-3-4-12(9-13)18(19,20)21/h3-10H,1-2H3,(H,23,25)(H,24,26). The smallest absolute Gasteiger partial charge is 0.416 e. The number of halogens is 3. The fraction of sp³-hybridized carbons (Fsp3) is 0.167. The Kier molecular flexibility index (Phi) is 6.59. The van der Waals surface area contributed by atoms with E-state index in [9.17, 15) is 22.8 Å². The minimum Gasteiger partial charge on any atom is -0.493 e. The predicted molar refractivity (Wildman–Crippen MR) is 95.4 cm³/mol. The third kappa shape index (κ3) is 5.47. The molecule has 148 valence electrons. The largest absolute Gasteiger partial charge is 0.493 e. The first-order valence-electron chi connectivity index (χ1n) is 7.78. The lowest BCUT2D eigenvalue weighted by molar-refractivity contribution is -0.137. The molecular weight excluding hydrogens is 379 g/mol. The van der Waals surface area contributed by atoms with E-state index in [0.29, 0.717) is 17.1 Å². The summed E-state index contributed by atoms with van der Waals surface area (Å²) < 4.78 is 48.2. The number of hydrogen-bond donors (Lipinski definition) is 2. The molecule has 0 saturated carbocycles. The Morgan fingerprint density at radius 1 is 1.00 bits per heavy atom. The Morgan fingerprint density at radius 3 is 2.36 bits per heavy atom. The van der Waals surface area contributed by atoms with Crippen molar-refractivity contribution in [2.75, 3.05) is 19.5 Å². The number of hydrogen-bond acceptors (Lipinski definition) is 5. The molecule has 0 heterocycles. The van der Waals surface area contributed by atoms with Crippen molar-refractivity contribution in [3.63, 3.8) is 0 Å². The number of methoxy groups -OCH3 is 2. The van der Waals surface area contributed by atoms with Crippen LogP contribution in [0, 0.1) is 0 Å². The average Bonchev–Trinajstić information content (AvgIpc) is 2.67. The van der Waals surface area contributed by atoms with Gasteiger partial charge < -0.3 is 14.8 Å². The lowest BCUT2D eigenvalue weighted by Gasteiger charge is -2.09. The SMILES string of the molecule is COc1ccc(C=NNC(=O)C(=O)Nc2cccc(C(F)(F)F)c2)cc1OC. The van der Waals surface area contributed by atoms with Crippen molar-refractivity contribution < 1.29 is 32.2 Å². The minimum absolute atomic E-state index is 0.168. The van der Waals surface area contributed by atoms with Crippen molar-refractivity contribution in [2.24, 2.45) is 5.10 Å². The molecule has 0 aliphatic heterocycles. The van der Waals surface area contributed by atoms with Crippen molar-refractivity contribution in [3.05, 3.63) is 53.6 Å². The van der Waals surface area contributed by atoms with E-state index in [2.05, 4.69) is 10.4 Å². The number of ether oxygens (including phenoxy) is 2. The highest BCUT2D eigenvalue weighted by atomic mass is 19.4. The molecule has 2 aromatic carbocycles. The van der Waals surface area contributed by atoms with Crippen LogP contribution in [0.3, 0.4) is 0 Å². The molecule has 0 radical (unpaired) electrons. The molecule has 0 unspecified atom stereocenters. The van der Waals surface area contributed by atoms with Crippen LogP contribution >= 0.6 is 0 Å². The molecule has 2 aromatic rings. The van der Waals surface area contributed by atoms with Crippen LogP contribution in [0.1, 0.15) is 11.1 Å². The third-order valence-corrected chi connectivity index (χ3v) is 3.44. The summed E-state index contributed by atoms with van der Waals surface area (Å²) in [4.78, 5) is 23.5. The van der Waals surface area contributed by atoms with Gasteiger partial charge in [0.15, 0.2) is 11.5 Å². The van der Waals surface area contributed by atoms with Crippen LogP contribution in [0.25, 0.3) is 0 Å². The second kappa shape index (κ2) is 8.89. The van der Waals surface area contributed by atoms with Gasteiger partial charge in [-0.15, -0.1) is 0 Å². The van der Waals surface area contributed by atoms with Crippen molar-refractivity contribution in [3.8, 4) is 11.5 Å². The Labute approximate surface area is 158 Å². The van der Waals surface area contributed by atoms with E-state index in [-0.39, 0.29) is 5.69 Å². The number of carbonyl (C=O) groups excluding carboxylic acids is 2. The topological polar surface area (TPSA) is 89.0 Å². The summed E-state index contributed by atoms with van der Waals surface area (Å²) in [7, 11) is 2.94. The van der Waals surface area contributed by atoms with Gasteiger partial charge in [0.1, 0.15) is 0 Å². The fourth-order valence-electron chi connectivity index (χ4n) is 2.11. The van der Waals surface area contributed by atoms with E-state index in [1.54, 1.807) is 18.2 Å². The van der Waals surface area contributed by atoms with Crippen LogP contribution in [0.4, 0.5) is 18.9 Å². The Hall–Kier alpha value is -3.56. The van der Waals surface area contributed by atoms with E-state index in [1.165, 1.54) is 26.5 Å². The molecular formula is C18H16F3N3O4. The minimum atomic E-state index is -4.56. The molecule has 10 heteroatoms. The zero-order valence-corrected chi connectivity index (χ0v) is 14.8. The molecule has 0 bridgehead atoms. The van der Waals surface area contributed by atoms with Gasteiger partial charge in [-0.25, -0.2) is 5.43 Å². The van der Waals surface area contributed by atoms with Crippen LogP contribution in [-0.2, 0) is 15.8 Å². The summed E-state index contributed by atoms with van der Waals surface area (Å²) >= 11 is 0. The van der Waals surface area contributed by atoms with E-state index in [0.717, 1.165) is 18.2 Å². The normalized spacial score (nSPS) is 11.2. The quantitative estimate of drug-likeness (QED) is 0.463. The van der Waals surface area contributed by atoms with E-state index in [4.69, 9.17) is 9.47 Å². The molecule has 0 aromatic heterocycles. The predicted octanol–water partition coefficient (Wildman–Crippen LogP) is 2.81. The van der Waals surface area contributed by atoms with Crippen molar-refractivity contribution in [1.29, 1.82) is 0 Å². The maximum Gasteiger partial charge on any atom is 0.416 e. The third-order valence-electron chi connectivity index (χ3n) is 3.44. The molecule has 2 amide bonds. The van der Waals surface area contributed by atoms with Gasteiger partial charge in [0.05, 0.1) is 26.0 Å². The van der Waals surface area contributed by atoms with Gasteiger partial charge >= 0.3 is 18.0 Å². The molecule has 0 aliphatic carbocycles. The number of amides is 2. The highest BCUT2D eigenvalue weighted by Gasteiger charge is 2.30. The van der Waals surface area contributed by atoms with Crippen LogP contribution in [0.5, 0.6) is 11.5 Å². The molecule has 2 N–H and O–H groups in total. The monoisotopic (exact) mass is 395 g/mol. The molecule has 0 aliphatic rings. The Bertz CT molecular complexity index is 898. The molecule has 0 spiro atoms. The number of alkyl halides is 3. The Morgan fingerprint density at radius 2 is 1.71 bits per heavy atom. The van der Waals surface area contributed by atoms with E-state index >= 15 is 0 Å². The number of benzene rings is 2. The summed E-state index contributed by atoms with van der Waals surface area (Å²) in [5.41, 5.74) is 1.42. The molecule has 7 nitrogen and oxygen atoms in total. The maximum atomic E-state index is 12.7. The van der Waals surface area contributed by atoms with Gasteiger partial charge in [0.2, 0.25) is 0 Å². The first-order valence-corrected chi connectivity index (χ1v) is 7.78. The molecule has 0 fully saturated rings. The maximum absolute atomic E-state index is 12.7. The Balaban J connectivity index is 1.98.